The molecule has 0 heterocycles. The van der Waals surface area contributed by atoms with Gasteiger partial charge in [-0.25, -0.2) is 0 Å². The molecule has 6 heteroatoms. The van der Waals surface area contributed by atoms with E-state index in [2.05, 4.69) is 10.6 Å². The second kappa shape index (κ2) is 8.49. The summed E-state index contributed by atoms with van der Waals surface area (Å²) in [6, 6.07) is 7.95. The quantitative estimate of drug-likeness (QED) is 0.734. The number of nitrogens with two attached hydrogens (primary N) is 1. The average molecular weight is 352 g/mol. The van der Waals surface area contributed by atoms with Crippen molar-refractivity contribution in [1.29, 1.82) is 0 Å². The molecule has 0 spiro atoms. The van der Waals surface area contributed by atoms with E-state index in [0.717, 1.165) is 37.7 Å². The third-order valence-corrected chi connectivity index (χ3v) is 4.76. The highest BCUT2D eigenvalue weighted by molar-refractivity contribution is 5.94. The van der Waals surface area contributed by atoms with Gasteiger partial charge >= 0.3 is 0 Å². The standard InChI is InChI=1S/C18H25N3O2.ClH/c19-16-6-2-4-13(16)10-17(22)20-11-12-3-1-5-14(9-12)18(23)21-15-7-8-15;/h1,3,5,9,13,15-16H,2,4,6-8,10-11,19H2,(H,20,22)(H,21,23);1H/t13-,16+;/m0./s1. The summed E-state index contributed by atoms with van der Waals surface area (Å²) in [5.74, 6) is 0.323. The topological polar surface area (TPSA) is 84.2 Å². The number of carbonyl (C=O) groups excluding carboxylic acids is 2. The van der Waals surface area contributed by atoms with Crippen molar-refractivity contribution >= 4 is 24.2 Å². The molecule has 2 amide bonds. The Kier molecular flexibility index (Phi) is 6.63. The lowest BCUT2D eigenvalue weighted by atomic mass is 10.00. The fourth-order valence-corrected chi connectivity index (χ4v) is 3.15. The Hall–Kier alpha value is -1.59. The number of rotatable bonds is 6. The van der Waals surface area contributed by atoms with Crippen LogP contribution in [0.15, 0.2) is 24.3 Å². The molecule has 1 aromatic carbocycles. The van der Waals surface area contributed by atoms with Gasteiger partial charge < -0.3 is 16.4 Å². The maximum absolute atomic E-state index is 12.0. The van der Waals surface area contributed by atoms with Crippen molar-refractivity contribution in [3.8, 4) is 0 Å². The van der Waals surface area contributed by atoms with Crippen molar-refractivity contribution in [2.75, 3.05) is 0 Å². The first-order valence-corrected chi connectivity index (χ1v) is 8.54. The van der Waals surface area contributed by atoms with Crippen LogP contribution >= 0.6 is 12.4 Å². The van der Waals surface area contributed by atoms with Crippen LogP contribution in [0.3, 0.4) is 0 Å². The highest BCUT2D eigenvalue weighted by Gasteiger charge is 2.26. The molecule has 132 valence electrons. The van der Waals surface area contributed by atoms with Crippen molar-refractivity contribution in [3.05, 3.63) is 35.4 Å². The first-order valence-electron chi connectivity index (χ1n) is 8.54. The zero-order valence-corrected chi connectivity index (χ0v) is 14.6. The van der Waals surface area contributed by atoms with E-state index in [1.165, 1.54) is 0 Å². The van der Waals surface area contributed by atoms with Crippen LogP contribution in [0.1, 0.15) is 54.4 Å². The summed E-state index contributed by atoms with van der Waals surface area (Å²) in [6.45, 7) is 0.450. The number of carbonyl (C=O) groups is 2. The van der Waals surface area contributed by atoms with Crippen LogP contribution in [0.4, 0.5) is 0 Å². The van der Waals surface area contributed by atoms with E-state index in [9.17, 15) is 9.59 Å². The summed E-state index contributed by atoms with van der Waals surface area (Å²) in [4.78, 5) is 24.1. The number of amides is 2. The van der Waals surface area contributed by atoms with Crippen LogP contribution in [0, 0.1) is 5.92 Å². The van der Waals surface area contributed by atoms with Crippen LogP contribution < -0.4 is 16.4 Å². The maximum atomic E-state index is 12.0. The Bertz CT molecular complexity index is 589. The highest BCUT2D eigenvalue weighted by Crippen LogP contribution is 2.26. The molecule has 0 aromatic heterocycles. The van der Waals surface area contributed by atoms with E-state index in [1.54, 1.807) is 6.07 Å². The highest BCUT2D eigenvalue weighted by atomic mass is 35.5. The van der Waals surface area contributed by atoms with Crippen molar-refractivity contribution in [2.45, 2.75) is 57.2 Å². The molecule has 0 aliphatic heterocycles. The predicted molar refractivity (Wildman–Crippen MR) is 96.0 cm³/mol. The SMILES string of the molecule is Cl.N[C@@H]1CCC[C@H]1CC(=O)NCc1cccc(C(=O)NC2CC2)c1. The lowest BCUT2D eigenvalue weighted by molar-refractivity contribution is -0.122. The number of halogens is 1. The van der Waals surface area contributed by atoms with Gasteiger partial charge in [-0.2, -0.15) is 0 Å². The van der Waals surface area contributed by atoms with E-state index in [-0.39, 0.29) is 30.3 Å². The van der Waals surface area contributed by atoms with Gasteiger partial charge in [-0.1, -0.05) is 18.6 Å². The molecule has 2 aliphatic rings. The Balaban J connectivity index is 0.00000208. The van der Waals surface area contributed by atoms with E-state index < -0.39 is 0 Å². The summed E-state index contributed by atoms with van der Waals surface area (Å²) < 4.78 is 0. The number of hydrogen-bond donors (Lipinski definition) is 3. The van der Waals surface area contributed by atoms with Gasteiger partial charge in [0.1, 0.15) is 0 Å². The minimum Gasteiger partial charge on any atom is -0.352 e. The maximum Gasteiger partial charge on any atom is 0.251 e. The van der Waals surface area contributed by atoms with Crippen molar-refractivity contribution in [3.63, 3.8) is 0 Å². The molecule has 2 atom stereocenters. The van der Waals surface area contributed by atoms with Crippen LogP contribution in [-0.4, -0.2) is 23.9 Å². The zero-order chi connectivity index (χ0) is 16.2. The Labute approximate surface area is 149 Å². The molecule has 1 aromatic rings. The van der Waals surface area contributed by atoms with E-state index in [4.69, 9.17) is 5.73 Å². The first kappa shape index (κ1) is 18.7. The summed E-state index contributed by atoms with van der Waals surface area (Å²) in [5, 5.41) is 5.91. The third kappa shape index (κ3) is 5.21. The van der Waals surface area contributed by atoms with Gasteiger partial charge in [0.25, 0.3) is 5.91 Å². The first-order chi connectivity index (χ1) is 11.1. The van der Waals surface area contributed by atoms with Gasteiger partial charge in [0.15, 0.2) is 0 Å². The van der Waals surface area contributed by atoms with Gasteiger partial charge in [0.05, 0.1) is 0 Å². The van der Waals surface area contributed by atoms with Gasteiger partial charge in [0.2, 0.25) is 5.91 Å². The molecule has 2 aliphatic carbocycles. The van der Waals surface area contributed by atoms with E-state index in [0.29, 0.717) is 30.5 Å². The van der Waals surface area contributed by atoms with Crippen molar-refractivity contribution < 1.29 is 9.59 Å². The average Bonchev–Trinajstić information content (AvgIpc) is 3.27. The fraction of sp³-hybridized carbons (Fsp3) is 0.556. The summed E-state index contributed by atoms with van der Waals surface area (Å²) >= 11 is 0. The second-order valence-electron chi connectivity index (χ2n) is 6.78. The Morgan fingerprint density at radius 2 is 1.96 bits per heavy atom. The van der Waals surface area contributed by atoms with Gasteiger partial charge in [-0.15, -0.1) is 12.4 Å². The predicted octanol–water partition coefficient (Wildman–Crippen LogP) is 2.13. The van der Waals surface area contributed by atoms with Crippen LogP contribution in [0.5, 0.6) is 0 Å². The fourth-order valence-electron chi connectivity index (χ4n) is 3.15. The molecule has 5 nitrogen and oxygen atoms in total. The van der Waals surface area contributed by atoms with E-state index >= 15 is 0 Å². The van der Waals surface area contributed by atoms with Gasteiger partial charge in [-0.3, -0.25) is 9.59 Å². The number of nitrogens with one attached hydrogen (secondary N) is 2. The number of hydrogen-bond acceptors (Lipinski definition) is 3. The molecule has 0 bridgehead atoms. The third-order valence-electron chi connectivity index (χ3n) is 4.76. The normalized spacial score (nSPS) is 22.5. The molecular weight excluding hydrogens is 326 g/mol. The van der Waals surface area contributed by atoms with Gasteiger partial charge in [-0.05, 0) is 49.3 Å². The van der Waals surface area contributed by atoms with Crippen LogP contribution in [0.25, 0.3) is 0 Å². The monoisotopic (exact) mass is 351 g/mol. The second-order valence-corrected chi connectivity index (χ2v) is 6.78. The minimum atomic E-state index is -0.0300. The van der Waals surface area contributed by atoms with Crippen molar-refractivity contribution in [2.24, 2.45) is 11.7 Å². The molecule has 0 saturated heterocycles. The molecule has 0 radical (unpaired) electrons. The Morgan fingerprint density at radius 3 is 2.62 bits per heavy atom. The van der Waals surface area contributed by atoms with Crippen LogP contribution in [0.2, 0.25) is 0 Å². The number of benzene rings is 1. The van der Waals surface area contributed by atoms with Crippen LogP contribution in [-0.2, 0) is 11.3 Å². The molecule has 3 rings (SSSR count). The zero-order valence-electron chi connectivity index (χ0n) is 13.8. The Morgan fingerprint density at radius 1 is 1.17 bits per heavy atom. The summed E-state index contributed by atoms with van der Waals surface area (Å²) in [6.07, 6.45) is 5.84. The van der Waals surface area contributed by atoms with Crippen molar-refractivity contribution in [1.82, 2.24) is 10.6 Å². The molecule has 2 saturated carbocycles. The lowest BCUT2D eigenvalue weighted by Crippen LogP contribution is -2.31. The largest absolute Gasteiger partial charge is 0.352 e. The molecule has 24 heavy (non-hydrogen) atoms. The smallest absolute Gasteiger partial charge is 0.251 e. The van der Waals surface area contributed by atoms with Gasteiger partial charge in [0, 0.05) is 30.6 Å². The lowest BCUT2D eigenvalue weighted by Gasteiger charge is -2.15. The molecule has 0 unspecified atom stereocenters. The summed E-state index contributed by atoms with van der Waals surface area (Å²) in [7, 11) is 0. The molecular formula is C18H26ClN3O2. The molecule has 4 N–H and O–H groups in total. The molecule has 2 fully saturated rings. The summed E-state index contributed by atoms with van der Waals surface area (Å²) in [5.41, 5.74) is 7.60. The minimum absolute atomic E-state index is 0. The van der Waals surface area contributed by atoms with E-state index in [1.807, 2.05) is 18.2 Å².